The zero-order chi connectivity index (χ0) is 37.5. The van der Waals surface area contributed by atoms with Crippen LogP contribution in [0.25, 0.3) is 113 Å². The Morgan fingerprint density at radius 1 is 0.368 bits per heavy atom. The van der Waals surface area contributed by atoms with E-state index in [1.807, 2.05) is 22.7 Å². The van der Waals surface area contributed by atoms with Crippen LogP contribution < -0.4 is 0 Å². The summed E-state index contributed by atoms with van der Waals surface area (Å²) in [6.07, 6.45) is 0. The summed E-state index contributed by atoms with van der Waals surface area (Å²) >= 11 is 3.69. The minimum atomic E-state index is 0.719. The van der Waals surface area contributed by atoms with Crippen molar-refractivity contribution in [2.24, 2.45) is 0 Å². The molecule has 57 heavy (non-hydrogen) atoms. The van der Waals surface area contributed by atoms with Gasteiger partial charge in [-0.15, -0.1) is 22.7 Å². The molecule has 12 rings (SSSR count). The van der Waals surface area contributed by atoms with Gasteiger partial charge in [-0.25, -0.2) is 9.97 Å². The third-order valence-corrected chi connectivity index (χ3v) is 13.7. The summed E-state index contributed by atoms with van der Waals surface area (Å²) in [5, 5.41) is 7.51. The number of hydrogen-bond acceptors (Lipinski definition) is 4. The maximum Gasteiger partial charge on any atom is 0.160 e. The normalized spacial score (nSPS) is 11.9. The van der Waals surface area contributed by atoms with E-state index >= 15 is 0 Å². The monoisotopic (exact) mass is 761 g/mol. The number of rotatable bonds is 5. The number of benzene rings is 8. The fraction of sp³-hybridized carbons (Fsp3) is 0. The standard InChI is InChI=1S/C52H31N3S2/c1-3-12-32(13-4-1)33-22-24-34(25-23-33)44-31-45(54-52(53-44)35-26-29-48-43(30-35)38-17-8-10-21-47(38)56-48)42-19-11-18-40-41-28-27-39-37-16-7-9-20-46(37)55(36-14-5-2-6-15-36)49(39)51(41)57-50(40)42/h1-31H. The van der Waals surface area contributed by atoms with Crippen molar-refractivity contribution in [3.63, 3.8) is 0 Å². The second-order valence-corrected chi connectivity index (χ2v) is 16.6. The first kappa shape index (κ1) is 32.3. The van der Waals surface area contributed by atoms with Crippen LogP contribution in [0.1, 0.15) is 0 Å². The van der Waals surface area contributed by atoms with Crippen molar-refractivity contribution in [1.82, 2.24) is 14.5 Å². The van der Waals surface area contributed by atoms with Gasteiger partial charge in [-0.3, -0.25) is 0 Å². The third-order valence-electron chi connectivity index (χ3n) is 11.2. The SMILES string of the molecule is c1ccc(-c2ccc(-c3cc(-c4cccc5c4sc4c5ccc5c6ccccc6n(-c6ccccc6)c54)nc(-c4ccc5sc6ccccc6c5c4)n3)cc2)cc1. The van der Waals surface area contributed by atoms with Crippen molar-refractivity contribution in [3.8, 4) is 50.7 Å². The number of thiophene rings is 2. The zero-order valence-electron chi connectivity index (χ0n) is 30.6. The molecule has 4 aromatic heterocycles. The molecule has 0 spiro atoms. The molecule has 0 amide bonds. The quantitative estimate of drug-likeness (QED) is 0.175. The van der Waals surface area contributed by atoms with Crippen LogP contribution in [0, 0.1) is 0 Å². The highest BCUT2D eigenvalue weighted by Gasteiger charge is 2.20. The van der Waals surface area contributed by atoms with Gasteiger partial charge in [-0.2, -0.15) is 0 Å². The first-order valence-corrected chi connectivity index (χ1v) is 20.8. The molecule has 0 aliphatic carbocycles. The fourth-order valence-electron chi connectivity index (χ4n) is 8.54. The van der Waals surface area contributed by atoms with Crippen molar-refractivity contribution in [2.45, 2.75) is 0 Å². The molecular weight excluding hydrogens is 731 g/mol. The Bertz CT molecular complexity index is 3500. The van der Waals surface area contributed by atoms with Gasteiger partial charge in [-0.1, -0.05) is 140 Å². The van der Waals surface area contributed by atoms with E-state index < -0.39 is 0 Å². The lowest BCUT2D eigenvalue weighted by atomic mass is 10.0. The fourth-order valence-corrected chi connectivity index (χ4v) is 11.0. The van der Waals surface area contributed by atoms with Crippen molar-refractivity contribution < 1.29 is 0 Å². The predicted molar refractivity (Wildman–Crippen MR) is 244 cm³/mol. The number of hydrogen-bond donors (Lipinski definition) is 0. The van der Waals surface area contributed by atoms with E-state index in [0.29, 0.717) is 0 Å². The Kier molecular flexibility index (Phi) is 7.27. The van der Waals surface area contributed by atoms with Crippen molar-refractivity contribution >= 4 is 84.8 Å². The minimum Gasteiger partial charge on any atom is -0.308 e. The van der Waals surface area contributed by atoms with E-state index in [9.17, 15) is 0 Å². The van der Waals surface area contributed by atoms with Crippen LogP contribution in [-0.4, -0.2) is 14.5 Å². The predicted octanol–water partition coefficient (Wildman–Crippen LogP) is 15.0. The molecule has 12 aromatic rings. The molecule has 0 N–H and O–H groups in total. The molecule has 266 valence electrons. The Balaban J connectivity index is 1.09. The van der Waals surface area contributed by atoms with Gasteiger partial charge in [0.25, 0.3) is 0 Å². The lowest BCUT2D eigenvalue weighted by molar-refractivity contribution is 1.19. The lowest BCUT2D eigenvalue weighted by Gasteiger charge is -2.11. The van der Waals surface area contributed by atoms with Crippen molar-refractivity contribution in [2.75, 3.05) is 0 Å². The summed E-state index contributed by atoms with van der Waals surface area (Å²) in [4.78, 5) is 10.7. The molecule has 0 bridgehead atoms. The molecule has 0 aliphatic rings. The zero-order valence-corrected chi connectivity index (χ0v) is 32.2. The average molecular weight is 762 g/mol. The van der Waals surface area contributed by atoms with E-state index in [2.05, 4.69) is 193 Å². The van der Waals surface area contributed by atoms with Crippen LogP contribution in [0.2, 0.25) is 0 Å². The molecule has 0 fully saturated rings. The largest absolute Gasteiger partial charge is 0.308 e. The van der Waals surface area contributed by atoms with Gasteiger partial charge in [0.2, 0.25) is 0 Å². The van der Waals surface area contributed by atoms with Crippen molar-refractivity contribution in [3.05, 3.63) is 188 Å². The highest BCUT2D eigenvalue weighted by Crippen LogP contribution is 2.46. The molecule has 0 aliphatic heterocycles. The molecule has 3 nitrogen and oxygen atoms in total. The van der Waals surface area contributed by atoms with Gasteiger partial charge in [0.15, 0.2) is 5.82 Å². The highest BCUT2D eigenvalue weighted by molar-refractivity contribution is 7.27. The number of para-hydroxylation sites is 2. The lowest BCUT2D eigenvalue weighted by Crippen LogP contribution is -1.96. The molecule has 4 heterocycles. The Morgan fingerprint density at radius 2 is 1.00 bits per heavy atom. The summed E-state index contributed by atoms with van der Waals surface area (Å²) in [5.74, 6) is 0.719. The van der Waals surface area contributed by atoms with E-state index in [1.165, 1.54) is 73.3 Å². The van der Waals surface area contributed by atoms with Crippen molar-refractivity contribution in [1.29, 1.82) is 0 Å². The van der Waals surface area contributed by atoms with Crippen LogP contribution in [0.5, 0.6) is 0 Å². The summed E-state index contributed by atoms with van der Waals surface area (Å²) in [6.45, 7) is 0. The Morgan fingerprint density at radius 3 is 1.86 bits per heavy atom. The number of aromatic nitrogens is 3. The first-order chi connectivity index (χ1) is 28.2. The Labute approximate surface area is 336 Å². The summed E-state index contributed by atoms with van der Waals surface area (Å²) in [7, 11) is 0. The summed E-state index contributed by atoms with van der Waals surface area (Å²) in [6, 6.07) is 67.6. The second-order valence-electron chi connectivity index (χ2n) is 14.5. The maximum atomic E-state index is 5.41. The van der Waals surface area contributed by atoms with Gasteiger partial charge < -0.3 is 4.57 Å². The molecule has 0 unspecified atom stereocenters. The summed E-state index contributed by atoms with van der Waals surface area (Å²) < 4.78 is 7.49. The molecule has 0 atom stereocenters. The molecule has 5 heteroatoms. The second kappa shape index (κ2) is 12.8. The molecule has 0 saturated heterocycles. The van der Waals surface area contributed by atoms with Crippen LogP contribution in [0.3, 0.4) is 0 Å². The van der Waals surface area contributed by atoms with Gasteiger partial charge in [0.05, 0.1) is 27.1 Å². The topological polar surface area (TPSA) is 30.7 Å². The molecular formula is C52H31N3S2. The van der Waals surface area contributed by atoms with E-state index in [0.717, 1.165) is 39.6 Å². The van der Waals surface area contributed by atoms with Gasteiger partial charge in [0, 0.05) is 68.8 Å². The third kappa shape index (κ3) is 5.17. The molecule has 0 saturated carbocycles. The van der Waals surface area contributed by atoms with Crippen LogP contribution in [0.4, 0.5) is 0 Å². The van der Waals surface area contributed by atoms with Gasteiger partial charge in [-0.05, 0) is 59.7 Å². The first-order valence-electron chi connectivity index (χ1n) is 19.1. The minimum absolute atomic E-state index is 0.719. The Hall–Kier alpha value is -6.92. The maximum absolute atomic E-state index is 5.41. The number of nitrogens with zero attached hydrogens (tertiary/aromatic N) is 3. The van der Waals surface area contributed by atoms with Gasteiger partial charge in [0.1, 0.15) is 0 Å². The van der Waals surface area contributed by atoms with E-state index in [1.54, 1.807) is 0 Å². The average Bonchev–Trinajstić information content (AvgIpc) is 3.96. The highest BCUT2D eigenvalue weighted by atomic mass is 32.1. The molecule has 0 radical (unpaired) electrons. The van der Waals surface area contributed by atoms with Crippen LogP contribution in [0.15, 0.2) is 188 Å². The summed E-state index contributed by atoms with van der Waals surface area (Å²) in [5.41, 5.74) is 11.0. The van der Waals surface area contributed by atoms with Crippen LogP contribution in [-0.2, 0) is 0 Å². The van der Waals surface area contributed by atoms with Crippen LogP contribution >= 0.6 is 22.7 Å². The smallest absolute Gasteiger partial charge is 0.160 e. The van der Waals surface area contributed by atoms with Gasteiger partial charge >= 0.3 is 0 Å². The van der Waals surface area contributed by atoms with E-state index in [4.69, 9.17) is 9.97 Å². The van der Waals surface area contributed by atoms with E-state index in [-0.39, 0.29) is 0 Å². The molecule has 8 aromatic carbocycles. The number of fused-ring (bicyclic) bond motifs is 10.